The third kappa shape index (κ3) is 6.10. The number of methoxy groups -OCH3 is 2. The van der Waals surface area contributed by atoms with E-state index >= 15 is 0 Å². The second-order valence-electron chi connectivity index (χ2n) is 7.26. The Morgan fingerprint density at radius 1 is 0.879 bits per heavy atom. The minimum atomic E-state index is -0.434. The molecule has 0 aliphatic carbocycles. The number of aryl methyl sites for hydroxylation is 2. The Hall–Kier alpha value is -3.40. The first-order valence-electron chi connectivity index (χ1n) is 10.1. The molecule has 3 aromatic rings. The fourth-order valence-corrected chi connectivity index (χ4v) is 3.55. The smallest absolute Gasteiger partial charge is 0.273 e. The van der Waals surface area contributed by atoms with Crippen molar-refractivity contribution in [2.45, 2.75) is 13.8 Å². The van der Waals surface area contributed by atoms with Crippen molar-refractivity contribution in [1.29, 1.82) is 0 Å². The van der Waals surface area contributed by atoms with E-state index in [1.807, 2.05) is 32.0 Å². The average molecular weight is 557 g/mol. The molecule has 0 atom stereocenters. The van der Waals surface area contributed by atoms with Crippen LogP contribution in [-0.2, 0) is 0 Å². The van der Waals surface area contributed by atoms with E-state index in [0.717, 1.165) is 14.7 Å². The molecule has 170 valence electrons. The topological polar surface area (TPSA) is 89.0 Å². The summed E-state index contributed by atoms with van der Waals surface area (Å²) in [5, 5.41) is 6.86. The summed E-state index contributed by atoms with van der Waals surface area (Å²) in [6.45, 7) is 4.05. The number of nitrogens with one attached hydrogen (secondary N) is 2. The molecular formula is C25H24IN3O4. The van der Waals surface area contributed by atoms with Gasteiger partial charge in [0.05, 0.1) is 31.7 Å². The van der Waals surface area contributed by atoms with E-state index in [1.165, 1.54) is 19.8 Å². The predicted octanol–water partition coefficient (Wildman–Crippen LogP) is 4.94. The van der Waals surface area contributed by atoms with Crippen molar-refractivity contribution in [3.8, 4) is 11.5 Å². The maximum atomic E-state index is 12.8. The molecule has 0 saturated carbocycles. The van der Waals surface area contributed by atoms with Crippen LogP contribution in [0.3, 0.4) is 0 Å². The summed E-state index contributed by atoms with van der Waals surface area (Å²) in [6, 6.07) is 15.9. The summed E-state index contributed by atoms with van der Waals surface area (Å²) in [5.74, 6) is 0.137. The van der Waals surface area contributed by atoms with Crippen LogP contribution in [0.2, 0.25) is 0 Å². The van der Waals surface area contributed by atoms with Crippen LogP contribution in [0, 0.1) is 17.4 Å². The summed E-state index contributed by atoms with van der Waals surface area (Å²) in [7, 11) is 3.02. The minimum Gasteiger partial charge on any atom is -0.493 e. The van der Waals surface area contributed by atoms with Crippen molar-refractivity contribution in [2.75, 3.05) is 19.5 Å². The van der Waals surface area contributed by atoms with E-state index in [0.29, 0.717) is 28.3 Å². The molecule has 0 heterocycles. The zero-order chi connectivity index (χ0) is 24.0. The fourth-order valence-electron chi connectivity index (χ4n) is 3.06. The van der Waals surface area contributed by atoms with Crippen LogP contribution in [0.25, 0.3) is 0 Å². The number of anilines is 1. The average Bonchev–Trinajstić information content (AvgIpc) is 2.81. The molecule has 0 aromatic heterocycles. The van der Waals surface area contributed by atoms with Gasteiger partial charge in [0.15, 0.2) is 11.5 Å². The van der Waals surface area contributed by atoms with Gasteiger partial charge in [-0.05, 0) is 89.5 Å². The second-order valence-corrected chi connectivity index (χ2v) is 8.50. The standard InChI is InChI=1S/C25H24IN3O4/c1-15-5-6-17(11-16(15)2)14-27-29-25(31)20-13-19(26)8-9-21(20)28-24(30)18-7-10-22(32-3)23(12-18)33-4/h5-14H,1-4H3,(H,28,30)(H,29,31)/b27-14+. The molecule has 0 spiro atoms. The highest BCUT2D eigenvalue weighted by atomic mass is 127. The number of hydrogen-bond donors (Lipinski definition) is 2. The Bertz CT molecular complexity index is 1220. The Balaban J connectivity index is 1.78. The second kappa shape index (κ2) is 11.0. The van der Waals surface area contributed by atoms with Gasteiger partial charge in [-0.25, -0.2) is 5.43 Å². The molecule has 2 amide bonds. The molecule has 0 unspecified atom stereocenters. The highest BCUT2D eigenvalue weighted by Crippen LogP contribution is 2.28. The molecule has 3 rings (SSSR count). The molecule has 33 heavy (non-hydrogen) atoms. The van der Waals surface area contributed by atoms with Crippen LogP contribution >= 0.6 is 22.6 Å². The van der Waals surface area contributed by atoms with Crippen LogP contribution in [0.15, 0.2) is 59.7 Å². The number of benzene rings is 3. The summed E-state index contributed by atoms with van der Waals surface area (Å²) in [6.07, 6.45) is 1.58. The number of nitrogens with zero attached hydrogens (tertiary/aromatic N) is 1. The van der Waals surface area contributed by atoms with Crippen molar-refractivity contribution in [3.05, 3.63) is 86.0 Å². The first-order chi connectivity index (χ1) is 15.8. The van der Waals surface area contributed by atoms with E-state index < -0.39 is 5.91 Å². The van der Waals surface area contributed by atoms with E-state index in [-0.39, 0.29) is 5.91 Å². The van der Waals surface area contributed by atoms with Crippen LogP contribution < -0.4 is 20.2 Å². The Morgan fingerprint density at radius 2 is 1.64 bits per heavy atom. The van der Waals surface area contributed by atoms with E-state index in [4.69, 9.17) is 9.47 Å². The minimum absolute atomic E-state index is 0.299. The van der Waals surface area contributed by atoms with Crippen LogP contribution in [-0.4, -0.2) is 32.2 Å². The van der Waals surface area contributed by atoms with Crippen molar-refractivity contribution in [3.63, 3.8) is 0 Å². The zero-order valence-electron chi connectivity index (χ0n) is 18.7. The van der Waals surface area contributed by atoms with Gasteiger partial charge in [-0.1, -0.05) is 18.2 Å². The molecule has 8 heteroatoms. The van der Waals surface area contributed by atoms with Gasteiger partial charge >= 0.3 is 0 Å². The SMILES string of the molecule is COc1ccc(C(=O)Nc2ccc(I)cc2C(=O)N/N=C/c2ccc(C)c(C)c2)cc1OC. The van der Waals surface area contributed by atoms with Gasteiger partial charge in [0.2, 0.25) is 0 Å². The molecule has 0 aliphatic heterocycles. The lowest BCUT2D eigenvalue weighted by atomic mass is 10.1. The molecule has 0 radical (unpaired) electrons. The van der Waals surface area contributed by atoms with Crippen LogP contribution in [0.4, 0.5) is 5.69 Å². The quantitative estimate of drug-likeness (QED) is 0.245. The zero-order valence-corrected chi connectivity index (χ0v) is 20.9. The summed E-state index contributed by atoms with van der Waals surface area (Å²) >= 11 is 2.11. The van der Waals surface area contributed by atoms with Crippen molar-refractivity contribution in [2.24, 2.45) is 5.10 Å². The number of amides is 2. The van der Waals surface area contributed by atoms with Crippen molar-refractivity contribution in [1.82, 2.24) is 5.43 Å². The molecule has 0 fully saturated rings. The summed E-state index contributed by atoms with van der Waals surface area (Å²) in [4.78, 5) is 25.6. The van der Waals surface area contributed by atoms with Crippen LogP contribution in [0.1, 0.15) is 37.4 Å². The monoisotopic (exact) mass is 557 g/mol. The van der Waals surface area contributed by atoms with E-state index in [1.54, 1.807) is 42.6 Å². The Morgan fingerprint density at radius 3 is 2.33 bits per heavy atom. The predicted molar refractivity (Wildman–Crippen MR) is 138 cm³/mol. The molecular weight excluding hydrogens is 533 g/mol. The molecule has 0 saturated heterocycles. The largest absolute Gasteiger partial charge is 0.493 e. The molecule has 3 aromatic carbocycles. The lowest BCUT2D eigenvalue weighted by molar-refractivity contribution is 0.0956. The van der Waals surface area contributed by atoms with Gasteiger partial charge in [0.25, 0.3) is 11.8 Å². The lowest BCUT2D eigenvalue weighted by Gasteiger charge is -2.12. The van der Waals surface area contributed by atoms with Gasteiger partial charge in [0.1, 0.15) is 0 Å². The number of halogens is 1. The van der Waals surface area contributed by atoms with Crippen LogP contribution in [0.5, 0.6) is 11.5 Å². The third-order valence-corrected chi connectivity index (χ3v) is 5.70. The van der Waals surface area contributed by atoms with Gasteiger partial charge in [-0.3, -0.25) is 9.59 Å². The maximum Gasteiger partial charge on any atom is 0.273 e. The summed E-state index contributed by atoms with van der Waals surface area (Å²) in [5.41, 5.74) is 6.77. The number of ether oxygens (including phenoxy) is 2. The first-order valence-corrected chi connectivity index (χ1v) is 11.1. The van der Waals surface area contributed by atoms with Gasteiger partial charge < -0.3 is 14.8 Å². The van der Waals surface area contributed by atoms with E-state index in [2.05, 4.69) is 38.4 Å². The molecule has 2 N–H and O–H groups in total. The number of hydrogen-bond acceptors (Lipinski definition) is 5. The van der Waals surface area contributed by atoms with Gasteiger partial charge in [0, 0.05) is 9.13 Å². The van der Waals surface area contributed by atoms with Gasteiger partial charge in [-0.15, -0.1) is 0 Å². The molecule has 0 bridgehead atoms. The number of rotatable bonds is 7. The Kier molecular flexibility index (Phi) is 8.05. The lowest BCUT2D eigenvalue weighted by Crippen LogP contribution is -2.21. The normalized spacial score (nSPS) is 10.7. The Labute approximate surface area is 206 Å². The number of carbonyl (C=O) groups excluding carboxylic acids is 2. The highest BCUT2D eigenvalue weighted by Gasteiger charge is 2.16. The first kappa shape index (κ1) is 24.2. The molecule has 7 nitrogen and oxygen atoms in total. The third-order valence-electron chi connectivity index (χ3n) is 5.03. The fraction of sp³-hybridized carbons (Fsp3) is 0.160. The highest BCUT2D eigenvalue weighted by molar-refractivity contribution is 14.1. The van der Waals surface area contributed by atoms with Crippen molar-refractivity contribution < 1.29 is 19.1 Å². The molecule has 0 aliphatic rings. The van der Waals surface area contributed by atoms with Gasteiger partial charge in [-0.2, -0.15) is 5.10 Å². The number of hydrazone groups is 1. The maximum absolute atomic E-state index is 12.8. The summed E-state index contributed by atoms with van der Waals surface area (Å²) < 4.78 is 11.3. The van der Waals surface area contributed by atoms with Crippen molar-refractivity contribution >= 4 is 46.3 Å². The van der Waals surface area contributed by atoms with E-state index in [9.17, 15) is 9.59 Å². The number of carbonyl (C=O) groups is 2.